The van der Waals surface area contributed by atoms with Crippen LogP contribution in [-0.4, -0.2) is 44.7 Å². The number of aryl methyl sites for hydroxylation is 2. The second-order valence-electron chi connectivity index (χ2n) is 6.11. The number of benzene rings is 1. The van der Waals surface area contributed by atoms with E-state index in [0.29, 0.717) is 17.2 Å². The Bertz CT molecular complexity index is 917. The summed E-state index contributed by atoms with van der Waals surface area (Å²) in [5, 5.41) is 11.7. The average Bonchev–Trinajstić information content (AvgIpc) is 3.10. The summed E-state index contributed by atoms with van der Waals surface area (Å²) in [6.45, 7) is 3.21. The number of carbonyl (C=O) groups is 4. The number of thiazole rings is 1. The summed E-state index contributed by atoms with van der Waals surface area (Å²) in [4.78, 5) is 54.1. The van der Waals surface area contributed by atoms with Crippen molar-refractivity contribution in [3.05, 3.63) is 46.0 Å². The van der Waals surface area contributed by atoms with E-state index in [-0.39, 0.29) is 17.5 Å². The van der Waals surface area contributed by atoms with Crippen molar-refractivity contribution in [1.82, 2.24) is 9.88 Å². The van der Waals surface area contributed by atoms with Crippen molar-refractivity contribution < 1.29 is 24.3 Å². The molecule has 0 spiro atoms. The Hall–Kier alpha value is -3.07. The molecule has 2 N–H and O–H groups in total. The normalized spacial score (nSPS) is 14.2. The Balaban J connectivity index is 1.72. The second-order valence-corrected chi connectivity index (χ2v) is 7.20. The predicted molar refractivity (Wildman–Crippen MR) is 97.8 cm³/mol. The summed E-state index contributed by atoms with van der Waals surface area (Å²) < 4.78 is 0. The van der Waals surface area contributed by atoms with Crippen LogP contribution in [0.4, 0.5) is 5.13 Å². The maximum absolute atomic E-state index is 12.5. The molecule has 0 saturated heterocycles. The molecule has 1 aromatic heterocycles. The first-order valence-corrected chi connectivity index (χ1v) is 9.07. The van der Waals surface area contributed by atoms with Crippen molar-refractivity contribution in [2.45, 2.75) is 32.7 Å². The smallest absolute Gasteiger partial charge is 0.303 e. The van der Waals surface area contributed by atoms with Crippen LogP contribution in [0, 0.1) is 6.92 Å². The Morgan fingerprint density at radius 3 is 2.37 bits per heavy atom. The predicted octanol–water partition coefficient (Wildman–Crippen LogP) is 2.09. The van der Waals surface area contributed by atoms with Gasteiger partial charge in [-0.25, -0.2) is 4.98 Å². The van der Waals surface area contributed by atoms with E-state index in [1.165, 1.54) is 18.3 Å². The van der Waals surface area contributed by atoms with Crippen LogP contribution in [-0.2, 0) is 16.0 Å². The molecule has 1 atom stereocenters. The van der Waals surface area contributed by atoms with Crippen molar-refractivity contribution in [2.24, 2.45) is 0 Å². The first-order valence-electron chi connectivity index (χ1n) is 8.25. The van der Waals surface area contributed by atoms with Gasteiger partial charge in [0.2, 0.25) is 5.91 Å². The number of nitrogens with zero attached hydrogens (tertiary/aromatic N) is 2. The zero-order chi connectivity index (χ0) is 19.7. The molecular formula is C18H17N3O5S. The van der Waals surface area contributed by atoms with Crippen LogP contribution in [0.2, 0.25) is 0 Å². The topological polar surface area (TPSA) is 117 Å². The summed E-state index contributed by atoms with van der Waals surface area (Å²) >= 11 is 1.18. The number of imide groups is 1. The fraction of sp³-hybridized carbons (Fsp3) is 0.278. The summed E-state index contributed by atoms with van der Waals surface area (Å²) in [5.41, 5.74) is 1.20. The van der Waals surface area contributed by atoms with Crippen LogP contribution >= 0.6 is 11.3 Å². The van der Waals surface area contributed by atoms with Gasteiger partial charge in [-0.2, -0.15) is 0 Å². The van der Waals surface area contributed by atoms with Crippen LogP contribution < -0.4 is 5.32 Å². The maximum atomic E-state index is 12.5. The fourth-order valence-corrected chi connectivity index (χ4v) is 3.79. The number of fused-ring (bicyclic) bond motifs is 1. The van der Waals surface area contributed by atoms with E-state index in [9.17, 15) is 19.2 Å². The molecule has 1 unspecified atom stereocenters. The van der Waals surface area contributed by atoms with Gasteiger partial charge >= 0.3 is 5.97 Å². The van der Waals surface area contributed by atoms with Gasteiger partial charge in [0.25, 0.3) is 11.8 Å². The van der Waals surface area contributed by atoms with Crippen molar-refractivity contribution in [2.75, 3.05) is 5.32 Å². The van der Waals surface area contributed by atoms with Gasteiger partial charge in [0, 0.05) is 4.88 Å². The molecule has 3 rings (SSSR count). The molecule has 140 valence electrons. The van der Waals surface area contributed by atoms with Crippen molar-refractivity contribution >= 4 is 40.2 Å². The maximum Gasteiger partial charge on any atom is 0.303 e. The van der Waals surface area contributed by atoms with Crippen LogP contribution in [0.3, 0.4) is 0 Å². The van der Waals surface area contributed by atoms with Gasteiger partial charge in [0.05, 0.1) is 23.2 Å². The zero-order valence-corrected chi connectivity index (χ0v) is 15.5. The molecule has 1 aliphatic rings. The van der Waals surface area contributed by atoms with E-state index in [1.54, 1.807) is 31.2 Å². The highest BCUT2D eigenvalue weighted by molar-refractivity contribution is 7.15. The number of nitrogens with one attached hydrogen (secondary N) is 1. The molecule has 9 heteroatoms. The lowest BCUT2D eigenvalue weighted by Crippen LogP contribution is -2.45. The van der Waals surface area contributed by atoms with Gasteiger partial charge in [-0.05, 0) is 32.4 Å². The van der Waals surface area contributed by atoms with E-state index < -0.39 is 29.7 Å². The zero-order valence-electron chi connectivity index (χ0n) is 14.7. The molecule has 1 aromatic carbocycles. The monoisotopic (exact) mass is 387 g/mol. The average molecular weight is 387 g/mol. The molecule has 3 amide bonds. The van der Waals surface area contributed by atoms with Gasteiger partial charge in [-0.3, -0.25) is 24.1 Å². The standard InChI is InChI=1S/C18H17N3O5S/c1-9-13(7-8-14(22)23)27-18(19-9)20-15(24)10(2)21-16(25)11-5-3-4-6-12(11)17(21)26/h3-6,10H,7-8H2,1-2H3,(H,22,23)(H,19,20,24). The van der Waals surface area contributed by atoms with Crippen molar-refractivity contribution in [3.8, 4) is 0 Å². The summed E-state index contributed by atoms with van der Waals surface area (Å²) in [5.74, 6) is -2.46. The molecule has 27 heavy (non-hydrogen) atoms. The van der Waals surface area contributed by atoms with E-state index in [2.05, 4.69) is 10.3 Å². The fourth-order valence-electron chi connectivity index (χ4n) is 2.82. The first kappa shape index (κ1) is 18.7. The Labute approximate surface area is 158 Å². The van der Waals surface area contributed by atoms with E-state index in [0.717, 1.165) is 9.78 Å². The quantitative estimate of drug-likeness (QED) is 0.733. The third kappa shape index (κ3) is 3.59. The lowest BCUT2D eigenvalue weighted by atomic mass is 10.1. The first-order chi connectivity index (χ1) is 12.8. The third-order valence-electron chi connectivity index (χ3n) is 4.28. The third-order valence-corrected chi connectivity index (χ3v) is 5.41. The molecule has 0 saturated carbocycles. The summed E-state index contributed by atoms with van der Waals surface area (Å²) in [7, 11) is 0. The van der Waals surface area contributed by atoms with Crippen LogP contribution in [0.1, 0.15) is 44.6 Å². The van der Waals surface area contributed by atoms with Gasteiger partial charge < -0.3 is 10.4 Å². The SMILES string of the molecule is Cc1nc(NC(=O)C(C)N2C(=O)c3ccccc3C2=O)sc1CCC(=O)O. The minimum absolute atomic E-state index is 0.0259. The van der Waals surface area contributed by atoms with Crippen molar-refractivity contribution in [3.63, 3.8) is 0 Å². The number of carboxylic acids is 1. The molecule has 1 aliphatic heterocycles. The largest absolute Gasteiger partial charge is 0.481 e. The molecule has 0 radical (unpaired) electrons. The number of carboxylic acid groups (broad SMARTS) is 1. The number of hydrogen-bond donors (Lipinski definition) is 2. The van der Waals surface area contributed by atoms with Gasteiger partial charge in [0.1, 0.15) is 6.04 Å². The number of aromatic nitrogens is 1. The number of aliphatic carboxylic acids is 1. The minimum Gasteiger partial charge on any atom is -0.481 e. The number of hydrogen-bond acceptors (Lipinski definition) is 6. The molecule has 2 aromatic rings. The molecule has 8 nitrogen and oxygen atoms in total. The molecule has 0 fully saturated rings. The Morgan fingerprint density at radius 2 is 1.81 bits per heavy atom. The van der Waals surface area contributed by atoms with Gasteiger partial charge in [-0.1, -0.05) is 12.1 Å². The number of rotatable bonds is 6. The highest BCUT2D eigenvalue weighted by Gasteiger charge is 2.40. The highest BCUT2D eigenvalue weighted by atomic mass is 32.1. The lowest BCUT2D eigenvalue weighted by molar-refractivity contribution is -0.137. The van der Waals surface area contributed by atoms with Crippen LogP contribution in [0.5, 0.6) is 0 Å². The van der Waals surface area contributed by atoms with Crippen molar-refractivity contribution in [1.29, 1.82) is 0 Å². The number of anilines is 1. The molecule has 2 heterocycles. The van der Waals surface area contributed by atoms with E-state index >= 15 is 0 Å². The highest BCUT2D eigenvalue weighted by Crippen LogP contribution is 2.27. The second kappa shape index (κ2) is 7.28. The number of amides is 3. The van der Waals surface area contributed by atoms with Gasteiger partial charge in [-0.15, -0.1) is 11.3 Å². The Kier molecular flexibility index (Phi) is 5.04. The number of carbonyl (C=O) groups excluding carboxylic acids is 3. The lowest BCUT2D eigenvalue weighted by Gasteiger charge is -2.21. The molecule has 0 aliphatic carbocycles. The summed E-state index contributed by atoms with van der Waals surface area (Å²) in [6.07, 6.45) is 0.296. The molecular weight excluding hydrogens is 370 g/mol. The minimum atomic E-state index is -1.01. The Morgan fingerprint density at radius 1 is 1.22 bits per heavy atom. The van der Waals surface area contributed by atoms with E-state index in [1.807, 2.05) is 0 Å². The van der Waals surface area contributed by atoms with Crippen LogP contribution in [0.15, 0.2) is 24.3 Å². The molecule has 0 bridgehead atoms. The summed E-state index contributed by atoms with van der Waals surface area (Å²) in [6, 6.07) is 5.42. The van der Waals surface area contributed by atoms with Crippen LogP contribution in [0.25, 0.3) is 0 Å². The van der Waals surface area contributed by atoms with E-state index in [4.69, 9.17) is 5.11 Å². The van der Waals surface area contributed by atoms with Gasteiger partial charge in [0.15, 0.2) is 5.13 Å².